The van der Waals surface area contributed by atoms with Gasteiger partial charge in [-0.15, -0.1) is 0 Å². The van der Waals surface area contributed by atoms with Crippen LogP contribution in [0.4, 0.5) is 0 Å². The Kier molecular flexibility index (Phi) is 6.29. The monoisotopic (exact) mass is 296 g/mol. The van der Waals surface area contributed by atoms with Crippen molar-refractivity contribution in [1.29, 1.82) is 0 Å². The van der Waals surface area contributed by atoms with Gasteiger partial charge in [-0.25, -0.2) is 0 Å². The van der Waals surface area contributed by atoms with Gasteiger partial charge in [0.2, 0.25) is 0 Å². The van der Waals surface area contributed by atoms with Crippen molar-refractivity contribution in [3.8, 4) is 11.5 Å². The first kappa shape index (κ1) is 16.1. The molecule has 5 nitrogen and oxygen atoms in total. The Hall–Kier alpha value is -1.30. The lowest BCUT2D eigenvalue weighted by atomic mass is 10.1. The first-order chi connectivity index (χ1) is 10.2. The molecule has 2 atom stereocenters. The van der Waals surface area contributed by atoms with E-state index in [1.54, 1.807) is 32.4 Å². The van der Waals surface area contributed by atoms with E-state index >= 15 is 0 Å². The lowest BCUT2D eigenvalue weighted by Gasteiger charge is -2.23. The molecular formula is C16H24O5. The summed E-state index contributed by atoms with van der Waals surface area (Å²) in [6.45, 7) is 1.56. The van der Waals surface area contributed by atoms with E-state index in [4.69, 9.17) is 18.9 Å². The molecule has 0 radical (unpaired) electrons. The number of aliphatic hydroxyl groups is 1. The average molecular weight is 296 g/mol. The molecule has 0 bridgehead atoms. The van der Waals surface area contributed by atoms with Crippen LogP contribution in [0.2, 0.25) is 0 Å². The first-order valence-electron chi connectivity index (χ1n) is 7.34. The molecule has 1 saturated heterocycles. The van der Waals surface area contributed by atoms with Gasteiger partial charge in [-0.2, -0.15) is 0 Å². The number of methoxy groups -OCH3 is 2. The number of hydrogen-bond donors (Lipinski definition) is 1. The van der Waals surface area contributed by atoms with Crippen LogP contribution in [0.15, 0.2) is 18.2 Å². The molecule has 0 spiro atoms. The maximum atomic E-state index is 10.2. The van der Waals surface area contributed by atoms with E-state index in [9.17, 15) is 5.11 Å². The Morgan fingerprint density at radius 1 is 1.29 bits per heavy atom. The van der Waals surface area contributed by atoms with E-state index in [1.807, 2.05) is 0 Å². The summed E-state index contributed by atoms with van der Waals surface area (Å²) in [5.41, 5.74) is 0.697. The summed E-state index contributed by atoms with van der Waals surface area (Å²) >= 11 is 0. The highest BCUT2D eigenvalue weighted by Gasteiger charge is 2.17. The molecule has 1 aliphatic heterocycles. The van der Waals surface area contributed by atoms with E-state index in [-0.39, 0.29) is 12.7 Å². The van der Waals surface area contributed by atoms with Crippen LogP contribution in [-0.2, 0) is 9.47 Å². The molecule has 0 aliphatic carbocycles. The number of benzene rings is 1. The van der Waals surface area contributed by atoms with Gasteiger partial charge in [0, 0.05) is 18.2 Å². The van der Waals surface area contributed by atoms with Gasteiger partial charge in [0.25, 0.3) is 0 Å². The predicted molar refractivity (Wildman–Crippen MR) is 78.9 cm³/mol. The smallest absolute Gasteiger partial charge is 0.128 e. The van der Waals surface area contributed by atoms with Crippen molar-refractivity contribution in [3.63, 3.8) is 0 Å². The summed E-state index contributed by atoms with van der Waals surface area (Å²) in [6, 6.07) is 5.34. The van der Waals surface area contributed by atoms with Gasteiger partial charge in [0.15, 0.2) is 0 Å². The fourth-order valence-corrected chi connectivity index (χ4v) is 2.43. The SMILES string of the molecule is COc1ccc(C(O)COCC2CCCCO2)c(OC)c1. The molecule has 1 aromatic rings. The number of rotatable bonds is 7. The van der Waals surface area contributed by atoms with Crippen LogP contribution >= 0.6 is 0 Å². The zero-order valence-corrected chi connectivity index (χ0v) is 12.7. The highest BCUT2D eigenvalue weighted by molar-refractivity contribution is 5.41. The highest BCUT2D eigenvalue weighted by atomic mass is 16.5. The van der Waals surface area contributed by atoms with Crippen LogP contribution in [0.3, 0.4) is 0 Å². The van der Waals surface area contributed by atoms with Crippen LogP contribution < -0.4 is 9.47 Å². The number of hydrogen-bond acceptors (Lipinski definition) is 5. The third-order valence-corrected chi connectivity index (χ3v) is 3.65. The van der Waals surface area contributed by atoms with Gasteiger partial charge in [0.05, 0.1) is 33.5 Å². The van der Waals surface area contributed by atoms with Crippen molar-refractivity contribution in [2.75, 3.05) is 34.0 Å². The van der Waals surface area contributed by atoms with Crippen molar-refractivity contribution < 1.29 is 24.1 Å². The normalized spacial score (nSPS) is 20.0. The van der Waals surface area contributed by atoms with Crippen molar-refractivity contribution in [2.24, 2.45) is 0 Å². The van der Waals surface area contributed by atoms with E-state index in [0.717, 1.165) is 19.4 Å². The molecule has 0 amide bonds. The molecule has 1 fully saturated rings. The second kappa shape index (κ2) is 8.22. The fraction of sp³-hybridized carbons (Fsp3) is 0.625. The third kappa shape index (κ3) is 4.59. The molecule has 118 valence electrons. The Labute approximate surface area is 125 Å². The maximum absolute atomic E-state index is 10.2. The number of ether oxygens (including phenoxy) is 4. The molecule has 5 heteroatoms. The average Bonchev–Trinajstić information content (AvgIpc) is 2.55. The molecular weight excluding hydrogens is 272 g/mol. The van der Waals surface area contributed by atoms with Gasteiger partial charge in [-0.1, -0.05) is 0 Å². The van der Waals surface area contributed by atoms with Crippen molar-refractivity contribution in [2.45, 2.75) is 31.5 Å². The molecule has 2 unspecified atom stereocenters. The zero-order chi connectivity index (χ0) is 15.1. The predicted octanol–water partition coefficient (Wildman–Crippen LogP) is 2.32. The van der Waals surface area contributed by atoms with E-state index < -0.39 is 6.10 Å². The first-order valence-corrected chi connectivity index (χ1v) is 7.34. The summed E-state index contributed by atoms with van der Waals surface area (Å²) in [6.07, 6.45) is 2.77. The van der Waals surface area contributed by atoms with Gasteiger partial charge < -0.3 is 24.1 Å². The van der Waals surface area contributed by atoms with Crippen molar-refractivity contribution in [3.05, 3.63) is 23.8 Å². The Morgan fingerprint density at radius 2 is 2.14 bits per heavy atom. The second-order valence-electron chi connectivity index (χ2n) is 5.15. The molecule has 1 N–H and O–H groups in total. The summed E-state index contributed by atoms with van der Waals surface area (Å²) in [5.74, 6) is 1.29. The minimum absolute atomic E-state index is 0.156. The van der Waals surface area contributed by atoms with Crippen LogP contribution in [0.1, 0.15) is 30.9 Å². The lowest BCUT2D eigenvalue weighted by Crippen LogP contribution is -2.25. The van der Waals surface area contributed by atoms with Crippen molar-refractivity contribution >= 4 is 0 Å². The van der Waals surface area contributed by atoms with Gasteiger partial charge in [0.1, 0.15) is 17.6 Å². The van der Waals surface area contributed by atoms with E-state index in [0.29, 0.717) is 23.7 Å². The molecule has 1 aromatic carbocycles. The van der Waals surface area contributed by atoms with Gasteiger partial charge in [-0.3, -0.25) is 0 Å². The summed E-state index contributed by atoms with van der Waals surface area (Å²) in [5, 5.41) is 10.2. The van der Waals surface area contributed by atoms with Crippen LogP contribution in [0.5, 0.6) is 11.5 Å². The second-order valence-corrected chi connectivity index (χ2v) is 5.15. The molecule has 21 heavy (non-hydrogen) atoms. The maximum Gasteiger partial charge on any atom is 0.128 e. The van der Waals surface area contributed by atoms with E-state index in [2.05, 4.69) is 0 Å². The molecule has 0 aromatic heterocycles. The van der Waals surface area contributed by atoms with E-state index in [1.165, 1.54) is 6.42 Å². The van der Waals surface area contributed by atoms with Crippen LogP contribution in [0.25, 0.3) is 0 Å². The van der Waals surface area contributed by atoms with Gasteiger partial charge >= 0.3 is 0 Å². The highest BCUT2D eigenvalue weighted by Crippen LogP contribution is 2.29. The molecule has 2 rings (SSSR count). The Morgan fingerprint density at radius 3 is 2.81 bits per heavy atom. The molecule has 1 aliphatic rings. The molecule has 1 heterocycles. The van der Waals surface area contributed by atoms with Gasteiger partial charge in [-0.05, 0) is 31.4 Å². The topological polar surface area (TPSA) is 57.2 Å². The van der Waals surface area contributed by atoms with Crippen LogP contribution in [0, 0.1) is 0 Å². The minimum Gasteiger partial charge on any atom is -0.497 e. The Balaban J connectivity index is 1.85. The van der Waals surface area contributed by atoms with Crippen LogP contribution in [-0.4, -0.2) is 45.3 Å². The third-order valence-electron chi connectivity index (χ3n) is 3.65. The van der Waals surface area contributed by atoms with Crippen molar-refractivity contribution in [1.82, 2.24) is 0 Å². The summed E-state index contributed by atoms with van der Waals surface area (Å²) < 4.78 is 21.6. The standard InChI is InChI=1S/C16H24O5/c1-18-12-6-7-14(16(9-12)19-2)15(17)11-20-10-13-5-3-4-8-21-13/h6-7,9,13,15,17H,3-5,8,10-11H2,1-2H3. The minimum atomic E-state index is -0.727. The quantitative estimate of drug-likeness (QED) is 0.837. The fourth-order valence-electron chi connectivity index (χ4n) is 2.43. The largest absolute Gasteiger partial charge is 0.497 e. The Bertz CT molecular complexity index is 429. The number of aliphatic hydroxyl groups excluding tert-OH is 1. The summed E-state index contributed by atoms with van der Waals surface area (Å²) in [7, 11) is 3.17. The zero-order valence-electron chi connectivity index (χ0n) is 12.7. The summed E-state index contributed by atoms with van der Waals surface area (Å²) in [4.78, 5) is 0. The lowest BCUT2D eigenvalue weighted by molar-refractivity contribution is -0.0576. The molecule has 0 saturated carbocycles.